The number of hydrogen-bond donors (Lipinski definition) is 2. The number of primary amides is 1. The summed E-state index contributed by atoms with van der Waals surface area (Å²) in [4.78, 5) is 14.3. The zero-order chi connectivity index (χ0) is 10.4. The molecule has 0 spiro atoms. The Hall–Kier alpha value is -1.78. The van der Waals surface area contributed by atoms with Crippen molar-refractivity contribution >= 4 is 11.9 Å². The fraction of sp³-hybridized carbons (Fsp3) is 0.333. The Labute approximate surface area is 82.3 Å². The van der Waals surface area contributed by atoms with E-state index in [2.05, 4.69) is 15.0 Å². The van der Waals surface area contributed by atoms with Gasteiger partial charge in [-0.15, -0.1) is 0 Å². The Morgan fingerprint density at radius 1 is 1.71 bits per heavy atom. The molecule has 76 valence electrons. The third-order valence-corrected chi connectivity index (χ3v) is 1.57. The van der Waals surface area contributed by atoms with Gasteiger partial charge in [0.15, 0.2) is 0 Å². The molecule has 0 saturated heterocycles. The molecule has 5 nitrogen and oxygen atoms in total. The molecule has 1 rings (SSSR count). The van der Waals surface area contributed by atoms with E-state index in [4.69, 9.17) is 5.73 Å². The van der Waals surface area contributed by atoms with Crippen LogP contribution in [0.4, 0.5) is 10.6 Å². The summed E-state index contributed by atoms with van der Waals surface area (Å²) in [7, 11) is 0. The van der Waals surface area contributed by atoms with Gasteiger partial charge < -0.3 is 15.8 Å². The minimum Gasteiger partial charge on any atom is -0.448 e. The highest BCUT2D eigenvalue weighted by atomic mass is 16.5. The standard InChI is InChI=1S/C9H13N3O2/c1-7-2-3-11-8(6-7)12-4-5-14-9(10)13/h2-3,6H,4-5H2,1H3,(H2,10,13)(H,11,12). The Morgan fingerprint density at radius 2 is 2.50 bits per heavy atom. The summed E-state index contributed by atoms with van der Waals surface area (Å²) < 4.78 is 4.54. The predicted octanol–water partition coefficient (Wildman–Crippen LogP) is 0.897. The van der Waals surface area contributed by atoms with Crippen molar-refractivity contribution in [2.75, 3.05) is 18.5 Å². The number of anilines is 1. The number of carbonyl (C=O) groups excluding carboxylic acids is 1. The number of hydrogen-bond acceptors (Lipinski definition) is 4. The van der Waals surface area contributed by atoms with Crippen molar-refractivity contribution in [3.05, 3.63) is 23.9 Å². The first-order valence-corrected chi connectivity index (χ1v) is 4.27. The highest BCUT2D eigenvalue weighted by Gasteiger charge is 1.95. The molecule has 0 aliphatic rings. The van der Waals surface area contributed by atoms with Crippen LogP contribution < -0.4 is 11.1 Å². The molecule has 1 aromatic rings. The lowest BCUT2D eigenvalue weighted by molar-refractivity contribution is 0.161. The second kappa shape index (κ2) is 5.06. The fourth-order valence-corrected chi connectivity index (χ4v) is 0.964. The Bertz CT molecular complexity index is 315. The molecular weight excluding hydrogens is 182 g/mol. The first kappa shape index (κ1) is 10.3. The molecule has 5 heteroatoms. The van der Waals surface area contributed by atoms with Gasteiger partial charge in [-0.1, -0.05) is 0 Å². The maximum atomic E-state index is 10.2. The van der Waals surface area contributed by atoms with E-state index in [1.54, 1.807) is 6.20 Å². The molecule has 0 fully saturated rings. The third kappa shape index (κ3) is 3.75. The van der Waals surface area contributed by atoms with Crippen LogP contribution in [0.15, 0.2) is 18.3 Å². The second-order valence-electron chi connectivity index (χ2n) is 2.81. The summed E-state index contributed by atoms with van der Waals surface area (Å²) in [5.41, 5.74) is 5.91. The third-order valence-electron chi connectivity index (χ3n) is 1.57. The van der Waals surface area contributed by atoms with Gasteiger partial charge in [0, 0.05) is 6.20 Å². The van der Waals surface area contributed by atoms with Crippen molar-refractivity contribution in [1.29, 1.82) is 0 Å². The van der Waals surface area contributed by atoms with Gasteiger partial charge in [-0.05, 0) is 24.6 Å². The van der Waals surface area contributed by atoms with Gasteiger partial charge in [0.1, 0.15) is 12.4 Å². The monoisotopic (exact) mass is 195 g/mol. The maximum Gasteiger partial charge on any atom is 0.404 e. The smallest absolute Gasteiger partial charge is 0.404 e. The van der Waals surface area contributed by atoms with E-state index in [0.29, 0.717) is 6.54 Å². The van der Waals surface area contributed by atoms with Crippen molar-refractivity contribution in [3.8, 4) is 0 Å². The molecule has 0 aliphatic carbocycles. The number of carbonyl (C=O) groups is 1. The number of amides is 1. The molecule has 0 radical (unpaired) electrons. The normalized spacial score (nSPS) is 9.50. The van der Waals surface area contributed by atoms with Crippen LogP contribution in [0.5, 0.6) is 0 Å². The van der Waals surface area contributed by atoms with E-state index < -0.39 is 6.09 Å². The molecule has 0 atom stereocenters. The van der Waals surface area contributed by atoms with Crippen LogP contribution in [0.1, 0.15) is 5.56 Å². The van der Waals surface area contributed by atoms with Gasteiger partial charge >= 0.3 is 6.09 Å². The molecule has 0 bridgehead atoms. The average Bonchev–Trinajstić information content (AvgIpc) is 2.12. The SMILES string of the molecule is Cc1ccnc(NCCOC(N)=O)c1. The first-order valence-electron chi connectivity index (χ1n) is 4.27. The summed E-state index contributed by atoms with van der Waals surface area (Å²) >= 11 is 0. The zero-order valence-corrected chi connectivity index (χ0v) is 7.99. The van der Waals surface area contributed by atoms with Crippen LogP contribution in [0.25, 0.3) is 0 Å². The Kier molecular flexibility index (Phi) is 3.72. The van der Waals surface area contributed by atoms with E-state index in [9.17, 15) is 4.79 Å². The lowest BCUT2D eigenvalue weighted by atomic mass is 10.3. The molecule has 0 unspecified atom stereocenters. The van der Waals surface area contributed by atoms with Crippen LogP contribution in [0.2, 0.25) is 0 Å². The van der Waals surface area contributed by atoms with Gasteiger partial charge in [0.05, 0.1) is 6.54 Å². The van der Waals surface area contributed by atoms with Gasteiger partial charge in [-0.3, -0.25) is 0 Å². The predicted molar refractivity (Wildman–Crippen MR) is 53.0 cm³/mol. The van der Waals surface area contributed by atoms with Crippen LogP contribution in [0.3, 0.4) is 0 Å². The lowest BCUT2D eigenvalue weighted by Crippen LogP contribution is -2.18. The van der Waals surface area contributed by atoms with E-state index >= 15 is 0 Å². The largest absolute Gasteiger partial charge is 0.448 e. The van der Waals surface area contributed by atoms with Gasteiger partial charge in [-0.2, -0.15) is 0 Å². The van der Waals surface area contributed by atoms with Crippen LogP contribution >= 0.6 is 0 Å². The molecule has 0 aromatic carbocycles. The van der Waals surface area contributed by atoms with E-state index in [1.165, 1.54) is 0 Å². The second-order valence-corrected chi connectivity index (χ2v) is 2.81. The highest BCUT2D eigenvalue weighted by Crippen LogP contribution is 2.04. The molecule has 1 aromatic heterocycles. The van der Waals surface area contributed by atoms with Crippen molar-refractivity contribution in [2.24, 2.45) is 5.73 Å². The zero-order valence-electron chi connectivity index (χ0n) is 7.99. The van der Waals surface area contributed by atoms with E-state index in [0.717, 1.165) is 11.4 Å². The number of nitrogens with zero attached hydrogens (tertiary/aromatic N) is 1. The number of aromatic nitrogens is 1. The van der Waals surface area contributed by atoms with Gasteiger partial charge in [-0.25, -0.2) is 9.78 Å². The molecule has 0 aliphatic heterocycles. The minimum absolute atomic E-state index is 0.241. The number of pyridine rings is 1. The number of ether oxygens (including phenoxy) is 1. The molecule has 1 amide bonds. The summed E-state index contributed by atoms with van der Waals surface area (Å²) in [6, 6.07) is 3.81. The Morgan fingerprint density at radius 3 is 3.14 bits per heavy atom. The summed E-state index contributed by atoms with van der Waals surface area (Å²) in [6.07, 6.45) is 0.955. The molecule has 14 heavy (non-hydrogen) atoms. The topological polar surface area (TPSA) is 77.2 Å². The van der Waals surface area contributed by atoms with Crippen LogP contribution in [-0.2, 0) is 4.74 Å². The van der Waals surface area contributed by atoms with Gasteiger partial charge in [0.25, 0.3) is 0 Å². The van der Waals surface area contributed by atoms with Crippen LogP contribution in [-0.4, -0.2) is 24.2 Å². The molecular formula is C9H13N3O2. The number of aryl methyl sites for hydroxylation is 1. The Balaban J connectivity index is 2.28. The number of nitrogens with two attached hydrogens (primary N) is 1. The van der Waals surface area contributed by atoms with E-state index in [-0.39, 0.29) is 6.61 Å². The number of nitrogens with one attached hydrogen (secondary N) is 1. The van der Waals surface area contributed by atoms with E-state index in [1.807, 2.05) is 19.1 Å². The highest BCUT2D eigenvalue weighted by molar-refractivity contribution is 5.64. The van der Waals surface area contributed by atoms with Crippen LogP contribution in [0, 0.1) is 6.92 Å². The lowest BCUT2D eigenvalue weighted by Gasteiger charge is -2.05. The number of rotatable bonds is 4. The fourth-order valence-electron chi connectivity index (χ4n) is 0.964. The van der Waals surface area contributed by atoms with Gasteiger partial charge in [0.2, 0.25) is 0 Å². The maximum absolute atomic E-state index is 10.2. The summed E-state index contributed by atoms with van der Waals surface area (Å²) in [5, 5.41) is 3.00. The minimum atomic E-state index is -0.760. The quantitative estimate of drug-likeness (QED) is 0.699. The summed E-state index contributed by atoms with van der Waals surface area (Å²) in [6.45, 7) is 2.72. The first-order chi connectivity index (χ1) is 6.68. The molecule has 3 N–H and O–H groups in total. The van der Waals surface area contributed by atoms with Crippen molar-refractivity contribution in [1.82, 2.24) is 4.98 Å². The molecule has 1 heterocycles. The van der Waals surface area contributed by atoms with Crippen molar-refractivity contribution < 1.29 is 9.53 Å². The van der Waals surface area contributed by atoms with Crippen molar-refractivity contribution in [2.45, 2.75) is 6.92 Å². The summed E-state index contributed by atoms with van der Waals surface area (Å²) in [5.74, 6) is 0.762. The average molecular weight is 195 g/mol. The molecule has 0 saturated carbocycles. The van der Waals surface area contributed by atoms with Crippen molar-refractivity contribution in [3.63, 3.8) is 0 Å².